The fourth-order valence-electron chi connectivity index (χ4n) is 2.28. The predicted octanol–water partition coefficient (Wildman–Crippen LogP) is 2.13. The van der Waals surface area contributed by atoms with Crippen molar-refractivity contribution in [3.63, 3.8) is 0 Å². The quantitative estimate of drug-likeness (QED) is 0.162. The molecule has 0 aromatic heterocycles. The summed E-state index contributed by atoms with van der Waals surface area (Å²) in [4.78, 5) is 1.09. The van der Waals surface area contributed by atoms with Crippen molar-refractivity contribution in [1.82, 2.24) is 0 Å². The first-order valence-corrected chi connectivity index (χ1v) is 12.1. The second kappa shape index (κ2) is 24.3. The third kappa shape index (κ3) is 21.5. The van der Waals surface area contributed by atoms with Crippen LogP contribution in [0.3, 0.4) is 0 Å². The van der Waals surface area contributed by atoms with Gasteiger partial charge >= 0.3 is 0 Å². The lowest BCUT2D eigenvalue weighted by Gasteiger charge is -2.08. The Labute approximate surface area is 202 Å². The third-order valence-electron chi connectivity index (χ3n) is 3.95. The number of aliphatic hydroxyl groups excluding tert-OH is 1. The molecule has 0 saturated heterocycles. The Morgan fingerprint density at radius 2 is 0.848 bits per heavy atom. The highest BCUT2D eigenvalue weighted by Crippen LogP contribution is 2.18. The molecule has 0 unspecified atom stereocenters. The minimum atomic E-state index is 0.0314. The summed E-state index contributed by atoms with van der Waals surface area (Å²) in [7, 11) is 0. The molecule has 0 bridgehead atoms. The molecule has 192 valence electrons. The first kappa shape index (κ1) is 30.2. The first-order chi connectivity index (χ1) is 16.3. The monoisotopic (exact) mass is 492 g/mol. The summed E-state index contributed by atoms with van der Waals surface area (Å²) in [5.74, 6) is 0. The highest BCUT2D eigenvalue weighted by atomic mass is 32.2. The van der Waals surface area contributed by atoms with Crippen molar-refractivity contribution >= 4 is 12.0 Å². The van der Waals surface area contributed by atoms with Crippen molar-refractivity contribution in [2.45, 2.75) is 11.8 Å². The summed E-state index contributed by atoms with van der Waals surface area (Å²) in [5, 5.41) is 8.55. The molecule has 0 heterocycles. The van der Waals surface area contributed by atoms with Crippen LogP contribution in [0.5, 0.6) is 0 Å². The number of rotatable bonds is 25. The van der Waals surface area contributed by atoms with E-state index >= 15 is 0 Å². The summed E-state index contributed by atoms with van der Waals surface area (Å²) >= 11 is 1.36. The molecule has 0 spiro atoms. The van der Waals surface area contributed by atoms with E-state index in [4.69, 9.17) is 42.4 Å². The van der Waals surface area contributed by atoms with E-state index in [2.05, 4.69) is 19.1 Å². The Kier molecular flexibility index (Phi) is 22.3. The van der Waals surface area contributed by atoms with Crippen LogP contribution < -0.4 is 0 Å². The zero-order chi connectivity index (χ0) is 23.7. The van der Waals surface area contributed by atoms with E-state index in [1.807, 2.05) is 12.1 Å². The van der Waals surface area contributed by atoms with Gasteiger partial charge in [-0.05, 0) is 19.1 Å². The van der Waals surface area contributed by atoms with Gasteiger partial charge in [0.2, 0.25) is 0 Å². The Hall–Kier alpha value is -0.790. The van der Waals surface area contributed by atoms with E-state index in [0.29, 0.717) is 99.1 Å². The van der Waals surface area contributed by atoms with Gasteiger partial charge in [0.1, 0.15) is 0 Å². The van der Waals surface area contributed by atoms with E-state index in [0.717, 1.165) is 4.90 Å². The average Bonchev–Trinajstić information content (AvgIpc) is 2.83. The van der Waals surface area contributed by atoms with Crippen LogP contribution in [0, 0.1) is 6.92 Å². The molecule has 0 saturated carbocycles. The third-order valence-corrected chi connectivity index (χ3v) is 4.70. The fourth-order valence-corrected chi connectivity index (χ4v) is 2.82. The SMILES string of the molecule is Cc1ccc(SOCCOCCOCCOCCOCCOCCOCCOCCO)cc1. The van der Waals surface area contributed by atoms with Crippen molar-refractivity contribution in [2.24, 2.45) is 0 Å². The number of aryl methyl sites for hydroxylation is 1. The molecule has 1 N–H and O–H groups in total. The van der Waals surface area contributed by atoms with Crippen LogP contribution >= 0.6 is 12.0 Å². The first-order valence-electron chi connectivity index (χ1n) is 11.3. The van der Waals surface area contributed by atoms with Gasteiger partial charge in [-0.3, -0.25) is 0 Å². The maximum absolute atomic E-state index is 8.55. The van der Waals surface area contributed by atoms with Gasteiger partial charge in [0.05, 0.1) is 106 Å². The van der Waals surface area contributed by atoms with Gasteiger partial charge in [0, 0.05) is 16.9 Å². The highest BCUT2D eigenvalue weighted by molar-refractivity contribution is 7.94. The van der Waals surface area contributed by atoms with Crippen molar-refractivity contribution < 1.29 is 42.4 Å². The van der Waals surface area contributed by atoms with Crippen LogP contribution in [0.1, 0.15) is 5.56 Å². The Morgan fingerprint density at radius 1 is 0.515 bits per heavy atom. The lowest BCUT2D eigenvalue weighted by atomic mass is 10.2. The zero-order valence-corrected chi connectivity index (χ0v) is 20.6. The number of aliphatic hydroxyl groups is 1. The Morgan fingerprint density at radius 3 is 1.21 bits per heavy atom. The van der Waals surface area contributed by atoms with Crippen molar-refractivity contribution in [1.29, 1.82) is 0 Å². The topological polar surface area (TPSA) is 94.1 Å². The molecule has 0 aliphatic carbocycles. The maximum atomic E-state index is 8.55. The smallest absolute Gasteiger partial charge is 0.0852 e. The van der Waals surface area contributed by atoms with E-state index in [1.165, 1.54) is 17.6 Å². The summed E-state index contributed by atoms with van der Waals surface area (Å²) in [6.45, 7) is 9.69. The van der Waals surface area contributed by atoms with Gasteiger partial charge < -0.3 is 42.4 Å². The van der Waals surface area contributed by atoms with E-state index in [1.54, 1.807) is 0 Å². The summed E-state index contributed by atoms with van der Waals surface area (Å²) < 4.78 is 43.0. The minimum Gasteiger partial charge on any atom is -0.394 e. The van der Waals surface area contributed by atoms with Gasteiger partial charge in [-0.25, -0.2) is 0 Å². The van der Waals surface area contributed by atoms with Crippen LogP contribution in [-0.4, -0.2) is 111 Å². The fraction of sp³-hybridized carbons (Fsp3) is 0.739. The number of hydrogen-bond donors (Lipinski definition) is 1. The largest absolute Gasteiger partial charge is 0.394 e. The number of ether oxygens (including phenoxy) is 7. The molecule has 10 heteroatoms. The molecule has 33 heavy (non-hydrogen) atoms. The van der Waals surface area contributed by atoms with Crippen LogP contribution in [0.25, 0.3) is 0 Å². The summed E-state index contributed by atoms with van der Waals surface area (Å²) in [6.07, 6.45) is 0. The van der Waals surface area contributed by atoms with E-state index < -0.39 is 0 Å². The lowest BCUT2D eigenvalue weighted by Crippen LogP contribution is -2.15. The minimum absolute atomic E-state index is 0.0314. The average molecular weight is 493 g/mol. The Bertz CT molecular complexity index is 519. The van der Waals surface area contributed by atoms with Gasteiger partial charge in [0.25, 0.3) is 0 Å². The second-order valence-electron chi connectivity index (χ2n) is 6.73. The summed E-state index contributed by atoms with van der Waals surface area (Å²) in [6, 6.07) is 8.20. The molecule has 0 aliphatic rings. The van der Waals surface area contributed by atoms with Crippen LogP contribution in [-0.2, 0) is 37.3 Å². The molecule has 0 atom stereocenters. The molecule has 0 aliphatic heterocycles. The second-order valence-corrected chi connectivity index (χ2v) is 7.60. The standard InChI is InChI=1S/C23H40O9S/c1-22-2-4-23(5-3-22)33-32-21-20-31-19-18-30-17-16-29-15-14-28-13-12-27-11-10-26-9-8-25-7-6-24/h2-5,24H,6-21H2,1H3. The molecular formula is C23H40O9S. The normalized spacial score (nSPS) is 11.3. The molecule has 0 radical (unpaired) electrons. The molecule has 1 aromatic carbocycles. The molecule has 1 rings (SSSR count). The summed E-state index contributed by atoms with van der Waals surface area (Å²) in [5.41, 5.74) is 1.24. The molecule has 0 amide bonds. The van der Waals surface area contributed by atoms with Crippen LogP contribution in [0.4, 0.5) is 0 Å². The van der Waals surface area contributed by atoms with Crippen LogP contribution in [0.2, 0.25) is 0 Å². The number of hydrogen-bond acceptors (Lipinski definition) is 10. The predicted molar refractivity (Wildman–Crippen MR) is 126 cm³/mol. The Balaban J connectivity index is 1.66. The van der Waals surface area contributed by atoms with Crippen molar-refractivity contribution in [3.8, 4) is 0 Å². The van der Waals surface area contributed by atoms with E-state index in [9.17, 15) is 0 Å². The van der Waals surface area contributed by atoms with Crippen molar-refractivity contribution in [2.75, 3.05) is 106 Å². The van der Waals surface area contributed by atoms with Crippen LogP contribution in [0.15, 0.2) is 29.2 Å². The van der Waals surface area contributed by atoms with Gasteiger partial charge in [-0.2, -0.15) is 0 Å². The van der Waals surface area contributed by atoms with Crippen molar-refractivity contribution in [3.05, 3.63) is 29.8 Å². The van der Waals surface area contributed by atoms with Gasteiger partial charge in [-0.1, -0.05) is 17.7 Å². The zero-order valence-electron chi connectivity index (χ0n) is 19.7. The van der Waals surface area contributed by atoms with Gasteiger partial charge in [0.15, 0.2) is 0 Å². The molecule has 0 fully saturated rings. The van der Waals surface area contributed by atoms with Gasteiger partial charge in [-0.15, -0.1) is 0 Å². The maximum Gasteiger partial charge on any atom is 0.0852 e. The molecular weight excluding hydrogens is 452 g/mol. The lowest BCUT2D eigenvalue weighted by molar-refractivity contribution is -0.0220. The van der Waals surface area contributed by atoms with E-state index in [-0.39, 0.29) is 6.61 Å². The number of benzene rings is 1. The molecule has 1 aromatic rings. The highest BCUT2D eigenvalue weighted by Gasteiger charge is 1.97. The molecule has 9 nitrogen and oxygen atoms in total.